The fourth-order valence-electron chi connectivity index (χ4n) is 2.84. The number of ketones is 1. The van der Waals surface area contributed by atoms with E-state index in [1.807, 2.05) is 0 Å². The summed E-state index contributed by atoms with van der Waals surface area (Å²) in [6.45, 7) is 4.66. The minimum atomic E-state index is -1.98. The second-order valence-corrected chi connectivity index (χ2v) is 5.90. The molecular weight excluding hydrogens is 348 g/mol. The molecule has 0 saturated heterocycles. The van der Waals surface area contributed by atoms with Gasteiger partial charge in [0.1, 0.15) is 18.0 Å². The van der Waals surface area contributed by atoms with Crippen molar-refractivity contribution in [3.05, 3.63) is 78.6 Å². The Bertz CT molecular complexity index is 746. The normalized spacial score (nSPS) is 15.4. The first-order valence-electron chi connectivity index (χ1n) is 8.60. The number of hydrogen-bond donors (Lipinski definition) is 3. The maximum Gasteiger partial charge on any atom is 0.236 e. The van der Waals surface area contributed by atoms with E-state index in [0.717, 1.165) is 0 Å². The van der Waals surface area contributed by atoms with Gasteiger partial charge in [-0.05, 0) is 24.6 Å². The van der Waals surface area contributed by atoms with E-state index in [9.17, 15) is 20.1 Å². The number of hydrogen-bond acceptors (Lipinski definition) is 6. The first-order chi connectivity index (χ1) is 13.0. The minimum absolute atomic E-state index is 0.0639. The summed E-state index contributed by atoms with van der Waals surface area (Å²) in [5, 5.41) is 30.1. The van der Waals surface area contributed by atoms with Gasteiger partial charge in [0.25, 0.3) is 0 Å². The summed E-state index contributed by atoms with van der Waals surface area (Å²) in [4.78, 5) is 13.3. The molecule has 2 aromatic rings. The zero-order valence-corrected chi connectivity index (χ0v) is 15.1. The maximum atomic E-state index is 13.3. The molecule has 0 heterocycles. The van der Waals surface area contributed by atoms with Gasteiger partial charge in [0.05, 0.1) is 6.61 Å². The summed E-state index contributed by atoms with van der Waals surface area (Å²) in [5.74, 6) is -0.617. The van der Waals surface area contributed by atoms with Crippen LogP contribution in [0.4, 0.5) is 0 Å². The summed E-state index contributed by atoms with van der Waals surface area (Å²) >= 11 is 0. The fourth-order valence-corrected chi connectivity index (χ4v) is 2.84. The Morgan fingerprint density at radius 3 is 2.15 bits per heavy atom. The van der Waals surface area contributed by atoms with Crippen LogP contribution in [0, 0.1) is 0 Å². The second kappa shape index (κ2) is 9.43. The van der Waals surface area contributed by atoms with Crippen LogP contribution < -0.4 is 4.74 Å². The van der Waals surface area contributed by atoms with E-state index in [1.165, 1.54) is 0 Å². The molecule has 6 nitrogen and oxygen atoms in total. The van der Waals surface area contributed by atoms with Crippen molar-refractivity contribution in [2.45, 2.75) is 24.7 Å². The van der Waals surface area contributed by atoms with Gasteiger partial charge in [0.15, 0.2) is 11.4 Å². The van der Waals surface area contributed by atoms with Crippen LogP contribution in [0.2, 0.25) is 0 Å². The highest BCUT2D eigenvalue weighted by Gasteiger charge is 2.51. The van der Waals surface area contributed by atoms with Crippen LogP contribution >= 0.6 is 0 Å². The molecule has 0 fully saturated rings. The van der Waals surface area contributed by atoms with E-state index in [4.69, 9.17) is 9.47 Å². The Morgan fingerprint density at radius 2 is 1.63 bits per heavy atom. The second-order valence-electron chi connectivity index (χ2n) is 5.90. The molecule has 0 amide bonds. The van der Waals surface area contributed by atoms with Crippen LogP contribution in [0.15, 0.2) is 73.0 Å². The lowest BCUT2D eigenvalue weighted by Gasteiger charge is -2.38. The molecular formula is C21H24O6. The van der Waals surface area contributed by atoms with Gasteiger partial charge in [-0.1, -0.05) is 55.1 Å². The van der Waals surface area contributed by atoms with Gasteiger partial charge < -0.3 is 24.8 Å². The molecule has 3 atom stereocenters. The van der Waals surface area contributed by atoms with E-state index in [0.29, 0.717) is 11.3 Å². The molecule has 0 aliphatic heterocycles. The largest absolute Gasteiger partial charge is 0.454 e. The highest BCUT2D eigenvalue weighted by molar-refractivity contribution is 6.01. The minimum Gasteiger partial charge on any atom is -0.454 e. The molecule has 2 rings (SSSR count). The first-order valence-corrected chi connectivity index (χ1v) is 8.60. The van der Waals surface area contributed by atoms with E-state index in [2.05, 4.69) is 6.58 Å². The molecule has 3 N–H and O–H groups in total. The summed E-state index contributed by atoms with van der Waals surface area (Å²) < 4.78 is 11.2. The van der Waals surface area contributed by atoms with Gasteiger partial charge in [-0.3, -0.25) is 4.79 Å². The third kappa shape index (κ3) is 4.43. The third-order valence-electron chi connectivity index (χ3n) is 4.12. The lowest BCUT2D eigenvalue weighted by molar-refractivity contribution is -0.181. The summed E-state index contributed by atoms with van der Waals surface area (Å²) in [6.07, 6.45) is -3.35. The van der Waals surface area contributed by atoms with Crippen molar-refractivity contribution in [3.63, 3.8) is 0 Å². The van der Waals surface area contributed by atoms with Crippen LogP contribution in [0.25, 0.3) is 0 Å². The lowest BCUT2D eigenvalue weighted by Crippen LogP contribution is -2.55. The average molecular weight is 372 g/mol. The Labute approximate surface area is 158 Å². The molecule has 144 valence electrons. The fraction of sp³-hybridized carbons (Fsp3) is 0.286. The van der Waals surface area contributed by atoms with E-state index in [-0.39, 0.29) is 12.4 Å². The van der Waals surface area contributed by atoms with Crippen LogP contribution in [0.1, 0.15) is 12.5 Å². The molecule has 6 heteroatoms. The van der Waals surface area contributed by atoms with Gasteiger partial charge in [-0.15, -0.1) is 0 Å². The van der Waals surface area contributed by atoms with Crippen molar-refractivity contribution in [3.8, 4) is 5.75 Å². The monoisotopic (exact) mass is 372 g/mol. The molecule has 0 aromatic heterocycles. The number of carbonyl (C=O) groups excluding carboxylic acids is 1. The first kappa shape index (κ1) is 20.8. The quantitative estimate of drug-likeness (QED) is 0.435. The SMILES string of the molecule is C=C(Oc1ccccc1)C(=O)C(OCC)(c1ccccc1)C(O)C(O)CO. The van der Waals surface area contributed by atoms with Crippen LogP contribution in [-0.4, -0.2) is 46.5 Å². The molecule has 0 bridgehead atoms. The number of carbonyl (C=O) groups is 1. The van der Waals surface area contributed by atoms with Crippen molar-refractivity contribution in [2.75, 3.05) is 13.2 Å². The van der Waals surface area contributed by atoms with Crippen LogP contribution in [0.5, 0.6) is 5.75 Å². The van der Waals surface area contributed by atoms with Gasteiger partial charge in [0, 0.05) is 6.61 Å². The Kier molecular flexibility index (Phi) is 7.27. The summed E-state index contributed by atoms with van der Waals surface area (Å²) in [6, 6.07) is 16.9. The number of benzene rings is 2. The average Bonchev–Trinajstić information content (AvgIpc) is 2.71. The van der Waals surface area contributed by atoms with E-state index >= 15 is 0 Å². The van der Waals surface area contributed by atoms with E-state index in [1.54, 1.807) is 67.6 Å². The third-order valence-corrected chi connectivity index (χ3v) is 4.12. The highest BCUT2D eigenvalue weighted by Crippen LogP contribution is 2.35. The smallest absolute Gasteiger partial charge is 0.236 e. The van der Waals surface area contributed by atoms with Crippen molar-refractivity contribution >= 4 is 5.78 Å². The maximum absolute atomic E-state index is 13.3. The van der Waals surface area contributed by atoms with Gasteiger partial charge in [-0.25, -0.2) is 0 Å². The molecule has 0 aliphatic carbocycles. The number of rotatable bonds is 10. The topological polar surface area (TPSA) is 96.2 Å². The molecule has 0 spiro atoms. The molecule has 2 aromatic carbocycles. The molecule has 0 radical (unpaired) electrons. The number of para-hydroxylation sites is 1. The van der Waals surface area contributed by atoms with Crippen LogP contribution in [-0.2, 0) is 15.1 Å². The molecule has 3 unspecified atom stereocenters. The zero-order valence-electron chi connectivity index (χ0n) is 15.1. The van der Waals surface area contributed by atoms with Gasteiger partial charge in [-0.2, -0.15) is 0 Å². The predicted octanol–water partition coefficient (Wildman–Crippen LogP) is 1.79. The van der Waals surface area contributed by atoms with Crippen molar-refractivity contribution < 1.29 is 29.6 Å². The van der Waals surface area contributed by atoms with Crippen molar-refractivity contribution in [1.29, 1.82) is 0 Å². The Hall–Kier alpha value is -2.51. The summed E-state index contributed by atoms with van der Waals surface area (Å²) in [5.41, 5.74) is -1.67. The molecule has 0 aliphatic rings. The number of Topliss-reactive ketones (excluding diaryl/α,β-unsaturated/α-hetero) is 1. The molecule has 0 saturated carbocycles. The lowest BCUT2D eigenvalue weighted by atomic mass is 9.80. The predicted molar refractivity (Wildman–Crippen MR) is 100 cm³/mol. The summed E-state index contributed by atoms with van der Waals surface area (Å²) in [7, 11) is 0. The Morgan fingerprint density at radius 1 is 1.07 bits per heavy atom. The number of aliphatic hydroxyl groups is 3. The van der Waals surface area contributed by atoms with E-state index < -0.39 is 30.2 Å². The van der Waals surface area contributed by atoms with Crippen molar-refractivity contribution in [1.82, 2.24) is 0 Å². The standard InChI is InChI=1S/C21H24O6/c1-3-26-21(20(25)18(23)14-22,16-10-6-4-7-11-16)19(24)15(2)27-17-12-8-5-9-13-17/h4-13,18,20,22-23,25H,2-3,14H2,1H3. The highest BCUT2D eigenvalue weighted by atomic mass is 16.5. The number of ether oxygens (including phenoxy) is 2. The zero-order chi connectivity index (χ0) is 19.9. The van der Waals surface area contributed by atoms with Gasteiger partial charge >= 0.3 is 0 Å². The molecule has 27 heavy (non-hydrogen) atoms. The number of aliphatic hydroxyl groups excluding tert-OH is 3. The van der Waals surface area contributed by atoms with Gasteiger partial charge in [0.2, 0.25) is 5.78 Å². The van der Waals surface area contributed by atoms with Crippen LogP contribution in [0.3, 0.4) is 0 Å². The Balaban J connectivity index is 2.49. The van der Waals surface area contributed by atoms with Crippen molar-refractivity contribution in [2.24, 2.45) is 0 Å².